The molecule has 1 fully saturated rings. The van der Waals surface area contributed by atoms with Gasteiger partial charge in [0, 0.05) is 29.1 Å². The maximum Gasteiger partial charge on any atom is 0.332 e. The Morgan fingerprint density at radius 2 is 2.04 bits per heavy atom. The van der Waals surface area contributed by atoms with E-state index in [9.17, 15) is 18.0 Å². The number of sulfonamides is 1. The van der Waals surface area contributed by atoms with Crippen molar-refractivity contribution in [3.63, 3.8) is 0 Å². The molecule has 2 aliphatic carbocycles. The number of anilines is 1. The number of allylic oxidation sites excluding steroid dienone is 1. The van der Waals surface area contributed by atoms with E-state index in [1.54, 1.807) is 25.1 Å². The first-order chi connectivity index (χ1) is 22.1. The number of rotatable bonds is 4. The summed E-state index contributed by atoms with van der Waals surface area (Å²) in [5, 5.41) is 0.720. The van der Waals surface area contributed by atoms with Gasteiger partial charge in [0.1, 0.15) is 12.4 Å². The van der Waals surface area contributed by atoms with E-state index in [1.807, 2.05) is 18.2 Å². The molecule has 46 heavy (non-hydrogen) atoms. The predicted octanol–water partition coefficient (Wildman–Crippen LogP) is 5.44. The summed E-state index contributed by atoms with van der Waals surface area (Å²) in [4.78, 5) is 27.9. The number of carbonyl (C=O) groups excluding carboxylic acids is 2. The van der Waals surface area contributed by atoms with E-state index in [2.05, 4.69) is 28.7 Å². The number of fused-ring (bicyclic) bond motifs is 4. The first kappa shape index (κ1) is 32.8. The van der Waals surface area contributed by atoms with Crippen molar-refractivity contribution in [3.8, 4) is 5.75 Å². The lowest BCUT2D eigenvalue weighted by atomic mass is 9.62. The molecule has 11 heteroatoms. The molecule has 1 saturated carbocycles. The highest BCUT2D eigenvalue weighted by Crippen LogP contribution is 2.48. The Hall–Kier alpha value is -3.08. The van der Waals surface area contributed by atoms with Crippen LogP contribution in [0.3, 0.4) is 0 Å². The topological polar surface area (TPSA) is 111 Å². The van der Waals surface area contributed by atoms with Gasteiger partial charge in [-0.2, -0.15) is 0 Å². The molecule has 2 heterocycles. The van der Waals surface area contributed by atoms with E-state index in [4.69, 9.17) is 25.8 Å². The van der Waals surface area contributed by atoms with Crippen LogP contribution in [0.15, 0.2) is 48.6 Å². The monoisotopic (exact) mass is 670 g/mol. The number of esters is 1. The average molecular weight is 671 g/mol. The van der Waals surface area contributed by atoms with Gasteiger partial charge >= 0.3 is 5.97 Å². The Balaban J connectivity index is 1.40. The zero-order valence-electron chi connectivity index (χ0n) is 26.5. The van der Waals surface area contributed by atoms with Gasteiger partial charge in [0.25, 0.3) is 5.91 Å². The first-order valence-electron chi connectivity index (χ1n) is 16.4. The van der Waals surface area contributed by atoms with E-state index >= 15 is 0 Å². The van der Waals surface area contributed by atoms with Gasteiger partial charge in [-0.15, -0.1) is 0 Å². The second-order valence-electron chi connectivity index (χ2n) is 13.2. The highest BCUT2D eigenvalue weighted by molar-refractivity contribution is 7.90. The zero-order valence-corrected chi connectivity index (χ0v) is 28.1. The number of aryl methyl sites for hydroxylation is 1. The van der Waals surface area contributed by atoms with Crippen molar-refractivity contribution in [1.82, 2.24) is 4.72 Å². The lowest BCUT2D eigenvalue weighted by molar-refractivity contribution is -0.153. The minimum Gasteiger partial charge on any atom is -0.490 e. The van der Waals surface area contributed by atoms with Crippen LogP contribution in [0.4, 0.5) is 5.69 Å². The zero-order chi connectivity index (χ0) is 32.5. The Labute approximate surface area is 276 Å². The van der Waals surface area contributed by atoms with Crippen LogP contribution >= 0.6 is 11.6 Å². The fourth-order valence-corrected chi connectivity index (χ4v) is 9.17. The molecule has 2 aliphatic heterocycles. The molecule has 1 amide bonds. The lowest BCUT2D eigenvalue weighted by Gasteiger charge is -2.49. The Morgan fingerprint density at radius 3 is 2.85 bits per heavy atom. The third-order valence-corrected chi connectivity index (χ3v) is 11.6. The van der Waals surface area contributed by atoms with E-state index in [-0.39, 0.29) is 47.9 Å². The molecule has 2 bridgehead atoms. The van der Waals surface area contributed by atoms with Gasteiger partial charge in [-0.05, 0) is 105 Å². The number of hydrogen-bond donors (Lipinski definition) is 1. The minimum atomic E-state index is -3.85. The van der Waals surface area contributed by atoms with Gasteiger partial charge in [0.15, 0.2) is 0 Å². The van der Waals surface area contributed by atoms with Crippen LogP contribution in [0, 0.1) is 17.8 Å². The number of ether oxygens (including phenoxy) is 3. The molecule has 2 aromatic carbocycles. The molecular formula is C35H43ClN2O7S. The Kier molecular flexibility index (Phi) is 9.69. The molecule has 1 unspecified atom stereocenters. The predicted molar refractivity (Wildman–Crippen MR) is 177 cm³/mol. The van der Waals surface area contributed by atoms with Crippen molar-refractivity contribution in [2.75, 3.05) is 43.6 Å². The van der Waals surface area contributed by atoms with Crippen LogP contribution < -0.4 is 14.4 Å². The van der Waals surface area contributed by atoms with Crippen molar-refractivity contribution >= 4 is 39.2 Å². The molecule has 5 atom stereocenters. The number of carbonyl (C=O) groups is 2. The fourth-order valence-electron chi connectivity index (χ4n) is 7.92. The SMILES string of the molecule is CCOC(=O)CO[C@@H]1/C=C/CCCS(=O)(=O)NC(=O)c2ccc3c(c2)N(CC2C[C@@H](C)[C@H]21)C[C@@]1(CCCc2cc(Cl)ccc21)CO3. The van der Waals surface area contributed by atoms with E-state index in [0.717, 1.165) is 36.4 Å². The molecule has 0 aromatic heterocycles. The summed E-state index contributed by atoms with van der Waals surface area (Å²) >= 11 is 6.42. The van der Waals surface area contributed by atoms with Crippen molar-refractivity contribution in [2.45, 2.75) is 63.9 Å². The van der Waals surface area contributed by atoms with E-state index in [1.165, 1.54) is 11.1 Å². The van der Waals surface area contributed by atoms with Gasteiger partial charge in [0.2, 0.25) is 10.0 Å². The van der Waals surface area contributed by atoms with Gasteiger partial charge in [0.05, 0.1) is 30.8 Å². The molecule has 248 valence electrons. The molecule has 1 spiro atoms. The molecule has 0 saturated heterocycles. The largest absolute Gasteiger partial charge is 0.490 e. The summed E-state index contributed by atoms with van der Waals surface area (Å²) in [6, 6.07) is 11.3. The Morgan fingerprint density at radius 1 is 1.20 bits per heavy atom. The van der Waals surface area contributed by atoms with Gasteiger partial charge in [-0.25, -0.2) is 17.9 Å². The molecule has 2 aromatic rings. The third-order valence-electron chi connectivity index (χ3n) is 10.1. The smallest absolute Gasteiger partial charge is 0.332 e. The summed E-state index contributed by atoms with van der Waals surface area (Å²) in [7, 11) is -3.85. The summed E-state index contributed by atoms with van der Waals surface area (Å²) in [6.45, 7) is 5.95. The van der Waals surface area contributed by atoms with Crippen LogP contribution in [-0.4, -0.2) is 65.1 Å². The minimum absolute atomic E-state index is 0.134. The molecular weight excluding hydrogens is 628 g/mol. The van der Waals surface area contributed by atoms with Crippen LogP contribution in [0.5, 0.6) is 5.75 Å². The van der Waals surface area contributed by atoms with Gasteiger partial charge in [-0.3, -0.25) is 4.79 Å². The number of benzene rings is 2. The Bertz CT molecular complexity index is 1610. The normalized spacial score (nSPS) is 29.6. The summed E-state index contributed by atoms with van der Waals surface area (Å²) in [5.41, 5.74) is 3.22. The van der Waals surface area contributed by atoms with Crippen molar-refractivity contribution in [2.24, 2.45) is 17.8 Å². The summed E-state index contributed by atoms with van der Waals surface area (Å²) < 4.78 is 45.9. The number of nitrogens with zero attached hydrogens (tertiary/aromatic N) is 1. The van der Waals surface area contributed by atoms with Gasteiger partial charge < -0.3 is 19.1 Å². The molecule has 6 rings (SSSR count). The number of amides is 1. The molecule has 9 nitrogen and oxygen atoms in total. The number of nitrogens with one attached hydrogen (secondary N) is 1. The van der Waals surface area contributed by atoms with Gasteiger partial charge in [-0.1, -0.05) is 36.7 Å². The second kappa shape index (κ2) is 13.6. The van der Waals surface area contributed by atoms with Crippen molar-refractivity contribution in [3.05, 3.63) is 70.3 Å². The van der Waals surface area contributed by atoms with Crippen LogP contribution in [0.25, 0.3) is 0 Å². The van der Waals surface area contributed by atoms with Crippen molar-refractivity contribution < 1.29 is 32.2 Å². The standard InChI is InChI=1S/C35H43ClN2O7S/c1-3-43-32(39)20-44-31-9-5-4-6-15-46(41,42)37-34(40)25-10-13-30-29(18-25)38(19-26-16-23(2)33(26)31)21-35(22-45-30)14-7-8-24-17-27(36)11-12-28(24)35/h5,9-13,17-18,23,26,31,33H,3-4,6-8,14-16,19-22H2,1-2H3,(H,37,40)/b9-5+/t23-,26?,31-,33-,35+/m1/s1. The number of hydrogen-bond acceptors (Lipinski definition) is 8. The second-order valence-corrected chi connectivity index (χ2v) is 15.5. The first-order valence-corrected chi connectivity index (χ1v) is 18.4. The van der Waals surface area contributed by atoms with Crippen molar-refractivity contribution in [1.29, 1.82) is 0 Å². The summed E-state index contributed by atoms with van der Waals surface area (Å²) in [6.07, 6.45) is 8.30. The number of halogens is 1. The molecule has 0 radical (unpaired) electrons. The third kappa shape index (κ3) is 6.94. The fraction of sp³-hybridized carbons (Fsp3) is 0.543. The molecule has 4 aliphatic rings. The van der Waals surface area contributed by atoms with Crippen LogP contribution in [0.1, 0.15) is 67.4 Å². The summed E-state index contributed by atoms with van der Waals surface area (Å²) in [5.74, 6) is 0.155. The van der Waals surface area contributed by atoms with E-state index < -0.39 is 21.9 Å². The maximum absolute atomic E-state index is 13.2. The molecule has 1 N–H and O–H groups in total. The highest BCUT2D eigenvalue weighted by atomic mass is 35.5. The lowest BCUT2D eigenvalue weighted by Crippen LogP contribution is -2.52. The quantitative estimate of drug-likeness (QED) is 0.338. The van der Waals surface area contributed by atoms with E-state index in [0.29, 0.717) is 44.2 Å². The maximum atomic E-state index is 13.2. The van der Waals surface area contributed by atoms with Crippen LogP contribution in [0.2, 0.25) is 5.02 Å². The highest BCUT2D eigenvalue weighted by Gasteiger charge is 2.47. The van der Waals surface area contributed by atoms with Crippen LogP contribution in [-0.2, 0) is 36.1 Å². The average Bonchev–Trinajstić information content (AvgIpc) is 3.15.